The zero-order valence-electron chi connectivity index (χ0n) is 14.6. The highest BCUT2D eigenvalue weighted by atomic mass is 32.2. The molecule has 3 aromatic rings. The Balaban J connectivity index is 1.41. The minimum Gasteiger partial charge on any atom is -0.497 e. The first-order chi connectivity index (χ1) is 13.2. The predicted molar refractivity (Wildman–Crippen MR) is 107 cm³/mol. The number of hydrogen-bond donors (Lipinski definition) is 0. The first kappa shape index (κ1) is 17.9. The molecule has 0 bridgehead atoms. The predicted octanol–water partition coefficient (Wildman–Crippen LogP) is 3.98. The molecule has 0 saturated carbocycles. The number of ether oxygens (including phenoxy) is 1. The van der Waals surface area contributed by atoms with E-state index in [0.717, 1.165) is 27.6 Å². The monoisotopic (exact) mass is 399 g/mol. The van der Waals surface area contributed by atoms with E-state index >= 15 is 0 Å². The molecule has 1 amide bonds. The fourth-order valence-corrected chi connectivity index (χ4v) is 4.38. The normalized spacial score (nSPS) is 13.3. The van der Waals surface area contributed by atoms with Crippen LogP contribution >= 0.6 is 23.5 Å². The second kappa shape index (κ2) is 8.06. The first-order valence-corrected chi connectivity index (χ1v) is 10.3. The Hall–Kier alpha value is -2.45. The van der Waals surface area contributed by atoms with Crippen molar-refractivity contribution in [1.29, 1.82) is 0 Å². The van der Waals surface area contributed by atoms with Gasteiger partial charge in [-0.2, -0.15) is 0 Å². The van der Waals surface area contributed by atoms with Crippen molar-refractivity contribution in [3.05, 3.63) is 48.5 Å². The number of rotatable bonds is 5. The number of carbonyl (C=O) groups is 1. The summed E-state index contributed by atoms with van der Waals surface area (Å²) in [5.41, 5.74) is 1.78. The van der Waals surface area contributed by atoms with Crippen LogP contribution in [0.1, 0.15) is 0 Å². The van der Waals surface area contributed by atoms with Crippen LogP contribution in [0.15, 0.2) is 63.1 Å². The van der Waals surface area contributed by atoms with Gasteiger partial charge < -0.3 is 14.1 Å². The third-order valence-electron chi connectivity index (χ3n) is 4.09. The van der Waals surface area contributed by atoms with Crippen LogP contribution in [0.3, 0.4) is 0 Å². The lowest BCUT2D eigenvalue weighted by molar-refractivity contribution is -0.116. The van der Waals surface area contributed by atoms with Crippen molar-refractivity contribution in [2.75, 3.05) is 30.1 Å². The van der Waals surface area contributed by atoms with Gasteiger partial charge in [0.1, 0.15) is 5.75 Å². The van der Waals surface area contributed by atoms with Crippen molar-refractivity contribution in [3.8, 4) is 17.2 Å². The molecule has 8 heteroatoms. The number of nitrogens with zero attached hydrogens (tertiary/aromatic N) is 3. The van der Waals surface area contributed by atoms with Crippen molar-refractivity contribution in [2.24, 2.45) is 0 Å². The SMILES string of the molecule is COc1ccc(-c2nnc(SCC(=O)N3CCSc4ccccc43)o2)cc1. The third kappa shape index (κ3) is 3.96. The Morgan fingerprint density at radius 1 is 1.22 bits per heavy atom. The Morgan fingerprint density at radius 2 is 2.04 bits per heavy atom. The highest BCUT2D eigenvalue weighted by molar-refractivity contribution is 8.00. The molecule has 0 N–H and O–H groups in total. The number of para-hydroxylation sites is 1. The molecule has 0 spiro atoms. The summed E-state index contributed by atoms with van der Waals surface area (Å²) in [6, 6.07) is 15.4. The third-order valence-corrected chi connectivity index (χ3v) is 5.94. The van der Waals surface area contributed by atoms with Crippen molar-refractivity contribution >= 4 is 35.1 Å². The molecule has 0 aliphatic carbocycles. The summed E-state index contributed by atoms with van der Waals surface area (Å²) in [5, 5.41) is 8.48. The lowest BCUT2D eigenvalue weighted by Crippen LogP contribution is -2.36. The summed E-state index contributed by atoms with van der Waals surface area (Å²) in [6.45, 7) is 0.710. The molecular weight excluding hydrogens is 382 g/mol. The van der Waals surface area contributed by atoms with Crippen LogP contribution < -0.4 is 9.64 Å². The molecule has 0 radical (unpaired) electrons. The minimum absolute atomic E-state index is 0.0388. The van der Waals surface area contributed by atoms with Gasteiger partial charge in [-0.05, 0) is 36.4 Å². The Morgan fingerprint density at radius 3 is 2.85 bits per heavy atom. The molecule has 4 rings (SSSR count). The number of aromatic nitrogens is 2. The van der Waals surface area contributed by atoms with Gasteiger partial charge in [-0.1, -0.05) is 23.9 Å². The summed E-state index contributed by atoms with van der Waals surface area (Å²) >= 11 is 3.03. The molecule has 1 aromatic heterocycles. The molecule has 0 atom stereocenters. The minimum atomic E-state index is 0.0388. The van der Waals surface area contributed by atoms with Crippen LogP contribution in [0.5, 0.6) is 5.75 Å². The summed E-state index contributed by atoms with van der Waals surface area (Å²) in [4.78, 5) is 15.6. The lowest BCUT2D eigenvalue weighted by atomic mass is 10.2. The molecule has 138 valence electrons. The zero-order chi connectivity index (χ0) is 18.6. The molecular formula is C19H17N3O3S2. The molecule has 6 nitrogen and oxygen atoms in total. The van der Waals surface area contributed by atoms with Crippen LogP contribution in [0.4, 0.5) is 5.69 Å². The van der Waals surface area contributed by atoms with E-state index in [0.29, 0.717) is 17.7 Å². The first-order valence-electron chi connectivity index (χ1n) is 8.37. The van der Waals surface area contributed by atoms with Crippen LogP contribution in [0.2, 0.25) is 0 Å². The van der Waals surface area contributed by atoms with E-state index in [9.17, 15) is 4.79 Å². The molecule has 1 aliphatic rings. The maximum Gasteiger partial charge on any atom is 0.277 e. The summed E-state index contributed by atoms with van der Waals surface area (Å²) in [5.74, 6) is 2.38. The van der Waals surface area contributed by atoms with Gasteiger partial charge in [0.2, 0.25) is 11.8 Å². The van der Waals surface area contributed by atoms with Gasteiger partial charge in [-0.3, -0.25) is 4.79 Å². The molecule has 0 saturated heterocycles. The second-order valence-electron chi connectivity index (χ2n) is 5.75. The summed E-state index contributed by atoms with van der Waals surface area (Å²) < 4.78 is 10.8. The number of hydrogen-bond acceptors (Lipinski definition) is 7. The fourth-order valence-electron chi connectivity index (χ4n) is 2.75. The molecule has 2 aromatic carbocycles. The number of amides is 1. The van der Waals surface area contributed by atoms with E-state index in [1.54, 1.807) is 18.9 Å². The Bertz CT molecular complexity index is 943. The van der Waals surface area contributed by atoms with Crippen molar-refractivity contribution in [3.63, 3.8) is 0 Å². The van der Waals surface area contributed by atoms with Gasteiger partial charge >= 0.3 is 0 Å². The van der Waals surface area contributed by atoms with Gasteiger partial charge in [0, 0.05) is 22.8 Å². The molecule has 2 heterocycles. The van der Waals surface area contributed by atoms with Crippen molar-refractivity contribution < 1.29 is 13.9 Å². The van der Waals surface area contributed by atoms with Gasteiger partial charge in [-0.15, -0.1) is 22.0 Å². The highest BCUT2D eigenvalue weighted by Crippen LogP contribution is 2.35. The van der Waals surface area contributed by atoms with E-state index in [-0.39, 0.29) is 11.7 Å². The maximum atomic E-state index is 12.7. The number of anilines is 1. The van der Waals surface area contributed by atoms with E-state index in [4.69, 9.17) is 9.15 Å². The Kier molecular flexibility index (Phi) is 5.35. The van der Waals surface area contributed by atoms with E-state index in [2.05, 4.69) is 10.2 Å². The van der Waals surface area contributed by atoms with Gasteiger partial charge in [-0.25, -0.2) is 0 Å². The largest absolute Gasteiger partial charge is 0.497 e. The maximum absolute atomic E-state index is 12.7. The van der Waals surface area contributed by atoms with Crippen molar-refractivity contribution in [2.45, 2.75) is 10.1 Å². The summed E-state index contributed by atoms with van der Waals surface area (Å²) in [7, 11) is 1.62. The quantitative estimate of drug-likeness (QED) is 0.601. The molecule has 1 aliphatic heterocycles. The van der Waals surface area contributed by atoms with Crippen molar-refractivity contribution in [1.82, 2.24) is 10.2 Å². The van der Waals surface area contributed by atoms with Gasteiger partial charge in [0.25, 0.3) is 5.22 Å². The number of carbonyl (C=O) groups excluding carboxylic acids is 1. The molecule has 27 heavy (non-hydrogen) atoms. The smallest absolute Gasteiger partial charge is 0.277 e. The van der Waals surface area contributed by atoms with Gasteiger partial charge in [0.15, 0.2) is 0 Å². The standard InChI is InChI=1S/C19H17N3O3S2/c1-24-14-8-6-13(7-9-14)18-20-21-19(25-18)27-12-17(23)22-10-11-26-16-5-3-2-4-15(16)22/h2-9H,10-12H2,1H3. The van der Waals surface area contributed by atoms with Gasteiger partial charge in [0.05, 0.1) is 18.6 Å². The topological polar surface area (TPSA) is 68.5 Å². The number of fused-ring (bicyclic) bond motifs is 1. The van der Waals surface area contributed by atoms with Crippen LogP contribution in [-0.2, 0) is 4.79 Å². The van der Waals surface area contributed by atoms with Crippen LogP contribution in [0, 0.1) is 0 Å². The lowest BCUT2D eigenvalue weighted by Gasteiger charge is -2.28. The summed E-state index contributed by atoms with van der Waals surface area (Å²) in [6.07, 6.45) is 0. The number of methoxy groups -OCH3 is 1. The molecule has 0 unspecified atom stereocenters. The Labute approximate surface area is 165 Å². The fraction of sp³-hybridized carbons (Fsp3) is 0.211. The van der Waals surface area contributed by atoms with E-state index < -0.39 is 0 Å². The second-order valence-corrected chi connectivity index (χ2v) is 7.82. The molecule has 0 fully saturated rings. The van der Waals surface area contributed by atoms with E-state index in [1.165, 1.54) is 11.8 Å². The number of thioether (sulfide) groups is 2. The average Bonchev–Trinajstić information content (AvgIpc) is 3.20. The zero-order valence-corrected chi connectivity index (χ0v) is 16.3. The highest BCUT2D eigenvalue weighted by Gasteiger charge is 2.23. The van der Waals surface area contributed by atoms with Crippen LogP contribution in [-0.4, -0.2) is 41.3 Å². The average molecular weight is 399 g/mol. The number of benzene rings is 2. The van der Waals surface area contributed by atoms with E-state index in [1.807, 2.05) is 53.4 Å². The van der Waals surface area contributed by atoms with Crippen LogP contribution in [0.25, 0.3) is 11.5 Å².